The summed E-state index contributed by atoms with van der Waals surface area (Å²) in [5.74, 6) is 1.56. The summed E-state index contributed by atoms with van der Waals surface area (Å²) in [5, 5.41) is 3.51. The van der Waals surface area contributed by atoms with Gasteiger partial charge in [0.05, 0.1) is 21.1 Å². The molecule has 0 spiro atoms. The van der Waals surface area contributed by atoms with E-state index >= 15 is 0 Å². The van der Waals surface area contributed by atoms with Crippen LogP contribution in [-0.4, -0.2) is 66.3 Å². The van der Waals surface area contributed by atoms with Gasteiger partial charge in [-0.3, -0.25) is 0 Å². The topological polar surface area (TPSA) is 53.1 Å². The van der Waals surface area contributed by atoms with E-state index in [1.807, 2.05) is 12.3 Å². The number of likely N-dealkylation sites (tertiary alicyclic amines) is 1. The maximum atomic E-state index is 4.58. The predicted molar refractivity (Wildman–Crippen MR) is 107 cm³/mol. The molecule has 0 radical (unpaired) electrons. The van der Waals surface area contributed by atoms with Crippen molar-refractivity contribution in [3.05, 3.63) is 48.2 Å². The van der Waals surface area contributed by atoms with E-state index in [1.54, 1.807) is 0 Å². The summed E-state index contributed by atoms with van der Waals surface area (Å²) in [6, 6.07) is 13.1. The normalized spacial score (nSPS) is 16.4. The van der Waals surface area contributed by atoms with Crippen LogP contribution in [0, 0.1) is 0 Å². The Bertz CT molecular complexity index is 674. The number of benzene rings is 1. The Morgan fingerprint density at radius 2 is 1.81 bits per heavy atom. The molecule has 2 heterocycles. The predicted octanol–water partition coefficient (Wildman–Crippen LogP) is 2.63. The molecular formula is C20H31N6+. The second-order valence-electron chi connectivity index (χ2n) is 7.89. The number of anilines is 2. The smallest absolute Gasteiger partial charge is 0.224 e. The molecule has 0 atom stereocenters. The van der Waals surface area contributed by atoms with Crippen LogP contribution in [0.25, 0.3) is 0 Å². The largest absolute Gasteiger partial charge is 0.351 e. The first-order chi connectivity index (χ1) is 12.5. The lowest BCUT2D eigenvalue weighted by atomic mass is 10.0. The van der Waals surface area contributed by atoms with Gasteiger partial charge >= 0.3 is 0 Å². The number of piperidine rings is 1. The highest BCUT2D eigenvalue weighted by molar-refractivity contribution is 5.38. The molecule has 1 fully saturated rings. The fraction of sp³-hybridized carbons (Fsp3) is 0.500. The van der Waals surface area contributed by atoms with E-state index in [0.717, 1.165) is 44.7 Å². The van der Waals surface area contributed by atoms with Gasteiger partial charge in [-0.2, -0.15) is 4.98 Å². The highest BCUT2D eigenvalue weighted by atomic mass is 15.6. The molecule has 0 aliphatic carbocycles. The third-order valence-electron chi connectivity index (χ3n) is 4.59. The number of quaternary nitrogens is 1. The molecule has 0 unspecified atom stereocenters. The van der Waals surface area contributed by atoms with E-state index in [4.69, 9.17) is 0 Å². The van der Waals surface area contributed by atoms with E-state index in [2.05, 4.69) is 77.1 Å². The van der Waals surface area contributed by atoms with Crippen LogP contribution in [0.1, 0.15) is 18.4 Å². The van der Waals surface area contributed by atoms with Gasteiger partial charge in [-0.25, -0.2) is 15.0 Å². The molecule has 0 amide bonds. The summed E-state index contributed by atoms with van der Waals surface area (Å²) < 4.78 is 0.621. The maximum Gasteiger partial charge on any atom is 0.224 e. The van der Waals surface area contributed by atoms with Crippen molar-refractivity contribution >= 4 is 11.8 Å². The lowest BCUT2D eigenvalue weighted by Crippen LogP contribution is -2.41. The van der Waals surface area contributed by atoms with E-state index in [0.29, 0.717) is 16.6 Å². The highest BCUT2D eigenvalue weighted by Crippen LogP contribution is 2.16. The van der Waals surface area contributed by atoms with Gasteiger partial charge in [0.2, 0.25) is 5.95 Å². The van der Waals surface area contributed by atoms with Crippen LogP contribution in [0.3, 0.4) is 0 Å². The van der Waals surface area contributed by atoms with Gasteiger partial charge in [0, 0.05) is 37.9 Å². The van der Waals surface area contributed by atoms with Gasteiger partial charge in [-0.05, 0) is 24.8 Å². The van der Waals surface area contributed by atoms with Crippen LogP contribution in [0.15, 0.2) is 42.6 Å². The first-order valence-corrected chi connectivity index (χ1v) is 9.43. The minimum absolute atomic E-state index is 0.447. The van der Waals surface area contributed by atoms with Gasteiger partial charge in [-0.1, -0.05) is 30.3 Å². The molecule has 3 rings (SSSR count). The Hall–Kier alpha value is -2.18. The molecule has 2 aromatic rings. The Morgan fingerprint density at radius 1 is 1.08 bits per heavy atom. The van der Waals surface area contributed by atoms with Gasteiger partial charge < -0.3 is 10.2 Å². The van der Waals surface area contributed by atoms with E-state index in [1.165, 1.54) is 5.56 Å². The molecule has 1 aromatic carbocycles. The number of hydrogen-bond acceptors (Lipinski definition) is 5. The summed E-state index contributed by atoms with van der Waals surface area (Å²) in [7, 11) is 6.21. The number of aromatic nitrogens is 2. The van der Waals surface area contributed by atoms with E-state index in [-0.39, 0.29) is 0 Å². The SMILES string of the molecule is C[N+](C)(C)Nc1ccnc(NC2CCN(CCc3ccccc3)CC2)n1. The van der Waals surface area contributed by atoms with Crippen LogP contribution >= 0.6 is 0 Å². The molecule has 0 bridgehead atoms. The molecule has 6 nitrogen and oxygen atoms in total. The average Bonchev–Trinajstić information content (AvgIpc) is 2.61. The molecule has 1 aromatic heterocycles. The fourth-order valence-electron chi connectivity index (χ4n) is 3.25. The quantitative estimate of drug-likeness (QED) is 0.591. The molecule has 1 aliphatic heterocycles. The molecule has 1 aliphatic rings. The maximum absolute atomic E-state index is 4.58. The lowest BCUT2D eigenvalue weighted by molar-refractivity contribution is -0.848. The van der Waals surface area contributed by atoms with Gasteiger partial charge in [0.25, 0.3) is 0 Å². The molecule has 1 saturated heterocycles. The van der Waals surface area contributed by atoms with Crippen molar-refractivity contribution in [3.63, 3.8) is 0 Å². The first-order valence-electron chi connectivity index (χ1n) is 9.43. The van der Waals surface area contributed by atoms with E-state index < -0.39 is 0 Å². The van der Waals surface area contributed by atoms with Gasteiger partial charge in [-0.15, -0.1) is 0 Å². The second-order valence-corrected chi connectivity index (χ2v) is 7.89. The molecular weight excluding hydrogens is 324 g/mol. The van der Waals surface area contributed by atoms with Crippen molar-refractivity contribution in [2.45, 2.75) is 25.3 Å². The Labute approximate surface area is 156 Å². The number of hydrogen-bond donors (Lipinski definition) is 2. The van der Waals surface area contributed by atoms with Crippen molar-refractivity contribution in [1.29, 1.82) is 0 Å². The molecule has 140 valence electrons. The monoisotopic (exact) mass is 355 g/mol. The van der Waals surface area contributed by atoms with E-state index in [9.17, 15) is 0 Å². The number of nitrogens with zero attached hydrogens (tertiary/aromatic N) is 4. The molecule has 0 saturated carbocycles. The first kappa shape index (κ1) is 18.6. The highest BCUT2D eigenvalue weighted by Gasteiger charge is 2.20. The molecule has 6 heteroatoms. The van der Waals surface area contributed by atoms with Crippen molar-refractivity contribution < 1.29 is 4.59 Å². The lowest BCUT2D eigenvalue weighted by Gasteiger charge is -2.32. The summed E-state index contributed by atoms with van der Waals surface area (Å²) in [5.41, 5.74) is 4.76. The van der Waals surface area contributed by atoms with Gasteiger partial charge in [0.1, 0.15) is 0 Å². The zero-order valence-corrected chi connectivity index (χ0v) is 16.2. The van der Waals surface area contributed by atoms with Crippen LogP contribution in [0.4, 0.5) is 11.8 Å². The summed E-state index contributed by atoms with van der Waals surface area (Å²) >= 11 is 0. The summed E-state index contributed by atoms with van der Waals surface area (Å²) in [6.45, 7) is 3.39. The van der Waals surface area contributed by atoms with Crippen molar-refractivity contribution in [3.8, 4) is 0 Å². The fourth-order valence-corrected chi connectivity index (χ4v) is 3.25. The summed E-state index contributed by atoms with van der Waals surface area (Å²) in [6.07, 6.45) is 5.19. The Balaban J connectivity index is 1.44. The Kier molecular flexibility index (Phi) is 6.06. The Morgan fingerprint density at radius 3 is 2.50 bits per heavy atom. The van der Waals surface area contributed by atoms with Crippen molar-refractivity contribution in [2.24, 2.45) is 0 Å². The van der Waals surface area contributed by atoms with Crippen LogP contribution < -0.4 is 10.7 Å². The average molecular weight is 356 g/mol. The zero-order valence-electron chi connectivity index (χ0n) is 16.2. The standard InChI is InChI=1S/C20H31N6/c1-26(2,3)24-19-9-13-21-20(23-19)22-18-11-15-25(16-12-18)14-10-17-7-5-4-6-8-17/h4-9,13,18H,10-12,14-16H2,1-3H3,(H2,21,22,23,24)/q+1. The van der Waals surface area contributed by atoms with Crippen LogP contribution in [0.2, 0.25) is 0 Å². The second kappa shape index (κ2) is 8.47. The number of nitrogens with one attached hydrogen (secondary N) is 2. The zero-order chi connectivity index (χ0) is 18.4. The minimum atomic E-state index is 0.447. The van der Waals surface area contributed by atoms with Gasteiger partial charge in [0.15, 0.2) is 5.82 Å². The summed E-state index contributed by atoms with van der Waals surface area (Å²) in [4.78, 5) is 11.5. The minimum Gasteiger partial charge on any atom is -0.351 e. The van der Waals surface area contributed by atoms with Crippen molar-refractivity contribution in [2.75, 3.05) is 51.5 Å². The third-order valence-corrected chi connectivity index (χ3v) is 4.59. The van der Waals surface area contributed by atoms with Crippen LogP contribution in [-0.2, 0) is 6.42 Å². The van der Waals surface area contributed by atoms with Crippen LogP contribution in [0.5, 0.6) is 0 Å². The molecule has 26 heavy (non-hydrogen) atoms. The third kappa shape index (κ3) is 5.97. The number of rotatable bonds is 7. The van der Waals surface area contributed by atoms with Crippen molar-refractivity contribution in [1.82, 2.24) is 14.9 Å². The molecule has 2 N–H and O–H groups in total.